The summed E-state index contributed by atoms with van der Waals surface area (Å²) in [5.41, 5.74) is 2.73. The highest BCUT2D eigenvalue weighted by Crippen LogP contribution is 2.35. The molecule has 2 N–H and O–H groups in total. The van der Waals surface area contributed by atoms with Gasteiger partial charge in [0.1, 0.15) is 11.9 Å². The predicted octanol–water partition coefficient (Wildman–Crippen LogP) is 4.61. The number of halogens is 1. The fourth-order valence-electron chi connectivity index (χ4n) is 4.05. The fraction of sp³-hybridized carbons (Fsp3) is 0.0769. The van der Waals surface area contributed by atoms with Crippen LogP contribution in [0.15, 0.2) is 96.1 Å². The van der Waals surface area contributed by atoms with Crippen LogP contribution in [0.5, 0.6) is 0 Å². The molecule has 2 aromatic carbocycles. The van der Waals surface area contributed by atoms with Gasteiger partial charge in [-0.25, -0.2) is 9.78 Å². The summed E-state index contributed by atoms with van der Waals surface area (Å²) in [6, 6.07) is 21.3. The van der Waals surface area contributed by atoms with E-state index in [2.05, 4.69) is 15.6 Å². The summed E-state index contributed by atoms with van der Waals surface area (Å²) in [4.78, 5) is 44.1. The third kappa shape index (κ3) is 4.64. The van der Waals surface area contributed by atoms with Gasteiger partial charge >= 0.3 is 6.03 Å². The van der Waals surface area contributed by atoms with E-state index in [1.54, 1.807) is 54.7 Å². The van der Waals surface area contributed by atoms with Crippen molar-refractivity contribution in [3.05, 3.63) is 118 Å². The lowest BCUT2D eigenvalue weighted by molar-refractivity contribution is -0.120. The number of anilines is 2. The lowest BCUT2D eigenvalue weighted by Crippen LogP contribution is -2.39. The molecule has 3 heterocycles. The number of nitrogens with zero attached hydrogens (tertiary/aromatic N) is 3. The maximum Gasteiger partial charge on any atom is 0.324 e. The molecule has 0 saturated carbocycles. The minimum Gasteiger partial charge on any atom is -0.324 e. The molecule has 5 rings (SSSR count). The average molecular weight is 486 g/mol. The standard InChI is InChI=1S/C26H20ClN5O3/c27-18-8-13-22(28-15-18)30-26(35)32-16-17-5-1-2-6-21(17)24(32)25(34)29-19-9-11-20(12-10-19)31-14-4-3-7-23(31)33/h1-15,24H,16H2,(H,29,34)(H,28,30,35)/t24-/m1/s1. The number of carbonyl (C=O) groups is 2. The normalized spacial score (nSPS) is 14.3. The zero-order valence-corrected chi connectivity index (χ0v) is 19.1. The molecule has 1 aliphatic heterocycles. The van der Waals surface area contributed by atoms with Crippen LogP contribution in [0.25, 0.3) is 5.69 Å². The fourth-order valence-corrected chi connectivity index (χ4v) is 4.16. The van der Waals surface area contributed by atoms with E-state index in [4.69, 9.17) is 11.6 Å². The van der Waals surface area contributed by atoms with Crippen LogP contribution >= 0.6 is 11.6 Å². The van der Waals surface area contributed by atoms with Crippen molar-refractivity contribution in [2.45, 2.75) is 12.6 Å². The van der Waals surface area contributed by atoms with Crippen molar-refractivity contribution in [1.29, 1.82) is 0 Å². The molecule has 1 atom stereocenters. The van der Waals surface area contributed by atoms with Crippen molar-refractivity contribution in [1.82, 2.24) is 14.5 Å². The second kappa shape index (κ2) is 9.44. The molecule has 8 nitrogen and oxygen atoms in total. The van der Waals surface area contributed by atoms with Gasteiger partial charge in [0, 0.05) is 36.4 Å². The molecule has 0 spiro atoms. The van der Waals surface area contributed by atoms with Gasteiger partial charge in [-0.3, -0.25) is 19.5 Å². The van der Waals surface area contributed by atoms with Crippen molar-refractivity contribution in [2.24, 2.45) is 0 Å². The van der Waals surface area contributed by atoms with Gasteiger partial charge in [0.25, 0.3) is 11.5 Å². The summed E-state index contributed by atoms with van der Waals surface area (Å²) in [5, 5.41) is 6.08. The number of benzene rings is 2. The van der Waals surface area contributed by atoms with Crippen LogP contribution in [0.1, 0.15) is 17.2 Å². The molecule has 1 aliphatic rings. The first-order chi connectivity index (χ1) is 17.0. The highest BCUT2D eigenvalue weighted by molar-refractivity contribution is 6.30. The van der Waals surface area contributed by atoms with Crippen molar-refractivity contribution in [3.8, 4) is 5.69 Å². The minimum atomic E-state index is -0.824. The Bertz CT molecular complexity index is 1450. The Hall–Kier alpha value is -4.43. The Balaban J connectivity index is 1.37. The summed E-state index contributed by atoms with van der Waals surface area (Å²) >= 11 is 5.87. The number of pyridine rings is 2. The van der Waals surface area contributed by atoms with Crippen molar-refractivity contribution >= 4 is 35.0 Å². The van der Waals surface area contributed by atoms with Gasteiger partial charge in [-0.1, -0.05) is 41.9 Å². The monoisotopic (exact) mass is 485 g/mol. The van der Waals surface area contributed by atoms with Gasteiger partial charge in [0.05, 0.1) is 5.02 Å². The number of nitrogens with one attached hydrogen (secondary N) is 2. The molecule has 174 valence electrons. The Morgan fingerprint density at radius 3 is 2.43 bits per heavy atom. The molecular formula is C26H20ClN5O3. The topological polar surface area (TPSA) is 96.3 Å². The largest absolute Gasteiger partial charge is 0.324 e. The van der Waals surface area contributed by atoms with E-state index in [1.165, 1.54) is 21.7 Å². The van der Waals surface area contributed by atoms with Crippen LogP contribution in [0.2, 0.25) is 5.02 Å². The summed E-state index contributed by atoms with van der Waals surface area (Å²) in [7, 11) is 0. The first kappa shape index (κ1) is 22.4. The first-order valence-corrected chi connectivity index (χ1v) is 11.2. The van der Waals surface area contributed by atoms with E-state index in [1.807, 2.05) is 24.3 Å². The smallest absolute Gasteiger partial charge is 0.324 e. The van der Waals surface area contributed by atoms with Gasteiger partial charge in [-0.15, -0.1) is 0 Å². The van der Waals surface area contributed by atoms with Gasteiger partial charge in [-0.05, 0) is 53.6 Å². The van der Waals surface area contributed by atoms with Crippen LogP contribution < -0.4 is 16.2 Å². The number of hydrogen-bond donors (Lipinski definition) is 2. The second-order valence-electron chi connectivity index (χ2n) is 7.97. The predicted molar refractivity (Wildman–Crippen MR) is 134 cm³/mol. The van der Waals surface area contributed by atoms with Crippen molar-refractivity contribution in [2.75, 3.05) is 10.6 Å². The lowest BCUT2D eigenvalue weighted by atomic mass is 10.0. The molecule has 0 bridgehead atoms. The number of carbonyl (C=O) groups excluding carboxylic acids is 2. The molecule has 4 aromatic rings. The van der Waals surface area contributed by atoms with E-state index in [0.717, 1.165) is 11.1 Å². The van der Waals surface area contributed by atoms with Crippen LogP contribution in [0, 0.1) is 0 Å². The number of fused-ring (bicyclic) bond motifs is 1. The molecule has 9 heteroatoms. The summed E-state index contributed by atoms with van der Waals surface area (Å²) in [6.07, 6.45) is 3.12. The Labute approximate surface area is 205 Å². The molecule has 0 aliphatic carbocycles. The summed E-state index contributed by atoms with van der Waals surface area (Å²) in [6.45, 7) is 0.281. The van der Waals surface area contributed by atoms with Gasteiger partial charge < -0.3 is 10.2 Å². The molecule has 2 aromatic heterocycles. The van der Waals surface area contributed by atoms with Gasteiger partial charge in [-0.2, -0.15) is 0 Å². The molecule has 3 amide bonds. The Morgan fingerprint density at radius 1 is 0.914 bits per heavy atom. The van der Waals surface area contributed by atoms with Crippen LogP contribution in [-0.4, -0.2) is 26.4 Å². The first-order valence-electron chi connectivity index (χ1n) is 10.9. The molecule has 0 fully saturated rings. The van der Waals surface area contributed by atoms with Crippen LogP contribution in [-0.2, 0) is 11.3 Å². The second-order valence-corrected chi connectivity index (χ2v) is 8.40. The van der Waals surface area contributed by atoms with E-state index in [0.29, 0.717) is 22.2 Å². The number of urea groups is 1. The lowest BCUT2D eigenvalue weighted by Gasteiger charge is -2.24. The van der Waals surface area contributed by atoms with Crippen molar-refractivity contribution in [3.63, 3.8) is 0 Å². The van der Waals surface area contributed by atoms with E-state index in [-0.39, 0.29) is 18.0 Å². The maximum absolute atomic E-state index is 13.4. The minimum absolute atomic E-state index is 0.149. The molecule has 35 heavy (non-hydrogen) atoms. The molecule has 0 unspecified atom stereocenters. The molecule has 0 saturated heterocycles. The van der Waals surface area contributed by atoms with E-state index in [9.17, 15) is 14.4 Å². The number of rotatable bonds is 4. The number of hydrogen-bond acceptors (Lipinski definition) is 4. The van der Waals surface area contributed by atoms with Gasteiger partial charge in [0.15, 0.2) is 0 Å². The quantitative estimate of drug-likeness (QED) is 0.441. The highest BCUT2D eigenvalue weighted by Gasteiger charge is 2.38. The zero-order chi connectivity index (χ0) is 24.4. The molecule has 0 radical (unpaired) electrons. The van der Waals surface area contributed by atoms with E-state index >= 15 is 0 Å². The zero-order valence-electron chi connectivity index (χ0n) is 18.4. The van der Waals surface area contributed by atoms with Gasteiger partial charge in [0.2, 0.25) is 0 Å². The van der Waals surface area contributed by atoms with Crippen LogP contribution in [0.4, 0.5) is 16.3 Å². The Morgan fingerprint density at radius 2 is 1.69 bits per heavy atom. The van der Waals surface area contributed by atoms with Crippen molar-refractivity contribution < 1.29 is 9.59 Å². The third-order valence-electron chi connectivity index (χ3n) is 5.71. The van der Waals surface area contributed by atoms with Crippen LogP contribution in [0.3, 0.4) is 0 Å². The molecular weight excluding hydrogens is 466 g/mol. The SMILES string of the molecule is O=C(Nc1ccc(-n2ccccc2=O)cc1)[C@H]1c2ccccc2CN1C(=O)Nc1ccc(Cl)cn1. The number of aromatic nitrogens is 2. The summed E-state index contributed by atoms with van der Waals surface area (Å²) in [5.74, 6) is -0.0138. The summed E-state index contributed by atoms with van der Waals surface area (Å²) < 4.78 is 1.51. The third-order valence-corrected chi connectivity index (χ3v) is 5.93. The highest BCUT2D eigenvalue weighted by atomic mass is 35.5. The van der Waals surface area contributed by atoms with E-state index < -0.39 is 12.1 Å². The maximum atomic E-state index is 13.4. The average Bonchev–Trinajstić information content (AvgIpc) is 3.26. The number of amides is 3. The Kier molecular flexibility index (Phi) is 6.03.